The topological polar surface area (TPSA) is 103 Å². The maximum absolute atomic E-state index is 13.3. The Labute approximate surface area is 215 Å². The van der Waals surface area contributed by atoms with Crippen LogP contribution in [-0.2, 0) is 16.1 Å². The molecule has 1 aliphatic rings. The summed E-state index contributed by atoms with van der Waals surface area (Å²) in [4.78, 5) is 32.1. The van der Waals surface area contributed by atoms with Gasteiger partial charge in [0, 0.05) is 31.0 Å². The van der Waals surface area contributed by atoms with Gasteiger partial charge >= 0.3 is 0 Å². The van der Waals surface area contributed by atoms with E-state index >= 15 is 0 Å². The number of amides is 1. The summed E-state index contributed by atoms with van der Waals surface area (Å²) in [5, 5.41) is 11.3. The van der Waals surface area contributed by atoms with Crippen LogP contribution in [0.15, 0.2) is 66.8 Å². The number of methoxy groups -OCH3 is 2. The van der Waals surface area contributed by atoms with Crippen molar-refractivity contribution in [3.05, 3.63) is 77.9 Å². The van der Waals surface area contributed by atoms with Gasteiger partial charge in [0.05, 0.1) is 38.3 Å². The number of carbonyl (C=O) groups is 2. The molecule has 2 heterocycles. The average Bonchev–Trinajstić information content (AvgIpc) is 3.50. The Morgan fingerprint density at radius 1 is 1.03 bits per heavy atom. The Morgan fingerprint density at radius 2 is 1.76 bits per heavy atom. The molecule has 0 saturated carbocycles. The highest BCUT2D eigenvalue weighted by Gasteiger charge is 2.46. The van der Waals surface area contributed by atoms with E-state index in [2.05, 4.69) is 4.98 Å². The number of aryl methyl sites for hydroxylation is 1. The summed E-state index contributed by atoms with van der Waals surface area (Å²) in [6.07, 6.45) is 5.82. The van der Waals surface area contributed by atoms with Gasteiger partial charge in [-0.1, -0.05) is 6.07 Å². The van der Waals surface area contributed by atoms with E-state index in [1.165, 1.54) is 19.1 Å². The molecule has 1 atom stereocenters. The minimum atomic E-state index is -0.797. The molecule has 0 aliphatic carbocycles. The zero-order chi connectivity index (χ0) is 26.5. The SMILES string of the molecule is COc1ccc([C@@H]2C(=C(O)c3ccc(OC(C)C)cc3)C(=O)C(=O)N2CCCn2ccnc2)cc1OC. The third-order valence-corrected chi connectivity index (χ3v) is 6.14. The number of imidazole rings is 1. The van der Waals surface area contributed by atoms with Crippen LogP contribution in [0, 0.1) is 0 Å². The lowest BCUT2D eigenvalue weighted by Gasteiger charge is -2.26. The lowest BCUT2D eigenvalue weighted by atomic mass is 9.95. The van der Waals surface area contributed by atoms with Crippen molar-refractivity contribution in [3.8, 4) is 17.2 Å². The van der Waals surface area contributed by atoms with Gasteiger partial charge in [0.2, 0.25) is 0 Å². The van der Waals surface area contributed by atoms with E-state index in [-0.39, 0.29) is 17.4 Å². The summed E-state index contributed by atoms with van der Waals surface area (Å²) in [6, 6.07) is 11.2. The predicted molar refractivity (Wildman–Crippen MR) is 138 cm³/mol. The number of nitrogens with zero attached hydrogens (tertiary/aromatic N) is 3. The molecule has 0 radical (unpaired) electrons. The van der Waals surface area contributed by atoms with E-state index in [1.54, 1.807) is 55.0 Å². The Morgan fingerprint density at radius 3 is 2.38 bits per heavy atom. The van der Waals surface area contributed by atoms with Crippen LogP contribution in [0.2, 0.25) is 0 Å². The zero-order valence-electron chi connectivity index (χ0n) is 21.4. The molecule has 0 spiro atoms. The number of likely N-dealkylation sites (tertiary alicyclic amines) is 1. The highest BCUT2D eigenvalue weighted by molar-refractivity contribution is 6.46. The van der Waals surface area contributed by atoms with Crippen LogP contribution in [0.25, 0.3) is 5.76 Å². The van der Waals surface area contributed by atoms with Crippen molar-refractivity contribution in [1.29, 1.82) is 0 Å². The molecule has 3 aromatic rings. The molecule has 4 rings (SSSR count). The molecule has 9 nitrogen and oxygen atoms in total. The quantitative estimate of drug-likeness (QED) is 0.250. The molecule has 2 aromatic carbocycles. The fraction of sp³-hybridized carbons (Fsp3) is 0.321. The summed E-state index contributed by atoms with van der Waals surface area (Å²) < 4.78 is 18.4. The second-order valence-corrected chi connectivity index (χ2v) is 8.95. The number of carbonyl (C=O) groups excluding carboxylic acids is 2. The van der Waals surface area contributed by atoms with E-state index in [9.17, 15) is 14.7 Å². The van der Waals surface area contributed by atoms with Gasteiger partial charge in [0.15, 0.2) is 11.5 Å². The van der Waals surface area contributed by atoms with Crippen molar-refractivity contribution in [2.75, 3.05) is 20.8 Å². The first-order chi connectivity index (χ1) is 17.8. The number of aromatic nitrogens is 2. The lowest BCUT2D eigenvalue weighted by Crippen LogP contribution is -2.31. The minimum absolute atomic E-state index is 0.00264. The van der Waals surface area contributed by atoms with Crippen LogP contribution in [0.3, 0.4) is 0 Å². The molecular formula is C28H31N3O6. The summed E-state index contributed by atoms with van der Waals surface area (Å²) >= 11 is 0. The standard InChI is InChI=1S/C28H31N3O6/c1-18(2)37-21-9-6-19(7-10-21)26(32)24-25(20-8-11-22(35-3)23(16-20)36-4)31(28(34)27(24)33)14-5-13-30-15-12-29-17-30/h6-12,15-18,25,32H,5,13-14H2,1-4H3/t25-/m1/s1. The summed E-state index contributed by atoms with van der Waals surface area (Å²) in [5.41, 5.74) is 1.07. The number of rotatable bonds is 10. The monoisotopic (exact) mass is 505 g/mol. The predicted octanol–water partition coefficient (Wildman–Crippen LogP) is 4.20. The average molecular weight is 506 g/mol. The largest absolute Gasteiger partial charge is 0.507 e. The zero-order valence-corrected chi connectivity index (χ0v) is 21.4. The van der Waals surface area contributed by atoms with E-state index < -0.39 is 17.7 Å². The van der Waals surface area contributed by atoms with Gasteiger partial charge in [0.25, 0.3) is 11.7 Å². The number of benzene rings is 2. The molecule has 0 bridgehead atoms. The molecule has 1 aliphatic heterocycles. The van der Waals surface area contributed by atoms with Gasteiger partial charge in [-0.05, 0) is 62.2 Å². The Kier molecular flexibility index (Phi) is 7.81. The van der Waals surface area contributed by atoms with Crippen molar-refractivity contribution < 1.29 is 28.9 Å². The molecule has 9 heteroatoms. The second kappa shape index (κ2) is 11.2. The van der Waals surface area contributed by atoms with Crippen LogP contribution in [0.1, 0.15) is 37.4 Å². The second-order valence-electron chi connectivity index (χ2n) is 8.95. The fourth-order valence-electron chi connectivity index (χ4n) is 4.44. The summed E-state index contributed by atoms with van der Waals surface area (Å²) in [6.45, 7) is 4.77. The highest BCUT2D eigenvalue weighted by Crippen LogP contribution is 2.42. The van der Waals surface area contributed by atoms with Gasteiger partial charge in [-0.2, -0.15) is 0 Å². The van der Waals surface area contributed by atoms with Crippen molar-refractivity contribution in [2.45, 2.75) is 39.0 Å². The van der Waals surface area contributed by atoms with Gasteiger partial charge in [0.1, 0.15) is 11.5 Å². The van der Waals surface area contributed by atoms with Gasteiger partial charge < -0.3 is 28.8 Å². The summed E-state index contributed by atoms with van der Waals surface area (Å²) in [5.74, 6) is -0.0216. The first-order valence-electron chi connectivity index (χ1n) is 12.1. The number of ether oxygens (including phenoxy) is 3. The van der Waals surface area contributed by atoms with Crippen molar-refractivity contribution in [2.24, 2.45) is 0 Å². The number of Topliss-reactive ketones (excluding diaryl/α,β-unsaturated/α-hetero) is 1. The third kappa shape index (κ3) is 5.45. The van der Waals surface area contributed by atoms with Crippen LogP contribution < -0.4 is 14.2 Å². The maximum atomic E-state index is 13.3. The molecule has 194 valence electrons. The molecule has 1 saturated heterocycles. The number of hydrogen-bond donors (Lipinski definition) is 1. The van der Waals surface area contributed by atoms with Crippen molar-refractivity contribution >= 4 is 17.4 Å². The molecule has 0 unspecified atom stereocenters. The molecule has 1 N–H and O–H groups in total. The van der Waals surface area contributed by atoms with Gasteiger partial charge in [-0.3, -0.25) is 9.59 Å². The highest BCUT2D eigenvalue weighted by atomic mass is 16.5. The number of aliphatic hydroxyl groups is 1. The van der Waals surface area contributed by atoms with Crippen LogP contribution in [0.5, 0.6) is 17.2 Å². The van der Waals surface area contributed by atoms with Gasteiger partial charge in [-0.25, -0.2) is 4.98 Å². The normalized spacial score (nSPS) is 16.9. The fourth-order valence-corrected chi connectivity index (χ4v) is 4.44. The van der Waals surface area contributed by atoms with E-state index in [0.717, 1.165) is 0 Å². The molecule has 37 heavy (non-hydrogen) atoms. The van der Waals surface area contributed by atoms with E-state index in [1.807, 2.05) is 24.6 Å². The lowest BCUT2D eigenvalue weighted by molar-refractivity contribution is -0.139. The molecule has 1 aromatic heterocycles. The molecular weight excluding hydrogens is 474 g/mol. The Hall–Kier alpha value is -4.27. The van der Waals surface area contributed by atoms with E-state index in [0.29, 0.717) is 47.9 Å². The smallest absolute Gasteiger partial charge is 0.295 e. The van der Waals surface area contributed by atoms with Gasteiger partial charge in [-0.15, -0.1) is 0 Å². The van der Waals surface area contributed by atoms with E-state index in [4.69, 9.17) is 14.2 Å². The summed E-state index contributed by atoms with van der Waals surface area (Å²) in [7, 11) is 3.05. The number of hydrogen-bond acceptors (Lipinski definition) is 7. The Bertz CT molecular complexity index is 1280. The van der Waals surface area contributed by atoms with Crippen LogP contribution >= 0.6 is 0 Å². The molecule has 1 amide bonds. The maximum Gasteiger partial charge on any atom is 0.295 e. The van der Waals surface area contributed by atoms with Crippen LogP contribution in [0.4, 0.5) is 0 Å². The number of aliphatic hydroxyl groups excluding tert-OH is 1. The Balaban J connectivity index is 1.74. The van der Waals surface area contributed by atoms with Crippen molar-refractivity contribution in [1.82, 2.24) is 14.5 Å². The third-order valence-electron chi connectivity index (χ3n) is 6.14. The van der Waals surface area contributed by atoms with Crippen LogP contribution in [-0.4, -0.2) is 58.1 Å². The first kappa shape index (κ1) is 25.8. The number of ketones is 1. The minimum Gasteiger partial charge on any atom is -0.507 e. The first-order valence-corrected chi connectivity index (χ1v) is 12.1. The van der Waals surface area contributed by atoms with Crippen molar-refractivity contribution in [3.63, 3.8) is 0 Å². The molecule has 1 fully saturated rings.